The zero-order chi connectivity index (χ0) is 11.9. The van der Waals surface area contributed by atoms with E-state index in [0.717, 1.165) is 25.1 Å². The summed E-state index contributed by atoms with van der Waals surface area (Å²) in [7, 11) is 0. The van der Waals surface area contributed by atoms with Gasteiger partial charge in [-0.05, 0) is 38.0 Å². The van der Waals surface area contributed by atoms with Gasteiger partial charge in [0.2, 0.25) is 0 Å². The third-order valence-corrected chi connectivity index (χ3v) is 4.56. The van der Waals surface area contributed by atoms with Gasteiger partial charge in [0.25, 0.3) is 0 Å². The molecule has 2 rings (SSSR count). The molecule has 0 heterocycles. The number of ether oxygens (including phenoxy) is 1. The van der Waals surface area contributed by atoms with Gasteiger partial charge in [0, 0.05) is 12.6 Å². The average Bonchev–Trinajstić information content (AvgIpc) is 2.84. The summed E-state index contributed by atoms with van der Waals surface area (Å²) in [5, 5.41) is 3.66. The van der Waals surface area contributed by atoms with E-state index >= 15 is 0 Å². The Morgan fingerprint density at radius 2 is 1.88 bits per heavy atom. The number of hydrogen-bond donors (Lipinski definition) is 1. The molecule has 2 saturated carbocycles. The minimum atomic E-state index is 0.567. The van der Waals surface area contributed by atoms with Crippen molar-refractivity contribution in [3.8, 4) is 0 Å². The molecular formula is C15H29NO. The molecule has 0 bridgehead atoms. The molecule has 2 unspecified atom stereocenters. The van der Waals surface area contributed by atoms with Crippen LogP contribution in [0.25, 0.3) is 0 Å². The largest absolute Gasteiger partial charge is 0.377 e. The smallest absolute Gasteiger partial charge is 0.0594 e. The Morgan fingerprint density at radius 3 is 2.59 bits per heavy atom. The molecule has 2 fully saturated rings. The van der Waals surface area contributed by atoms with E-state index in [9.17, 15) is 0 Å². The summed E-state index contributed by atoms with van der Waals surface area (Å²) in [5.41, 5.74) is 0. The van der Waals surface area contributed by atoms with Crippen molar-refractivity contribution in [2.75, 3.05) is 13.2 Å². The fraction of sp³-hybridized carbons (Fsp3) is 1.00. The lowest BCUT2D eigenvalue weighted by Crippen LogP contribution is -2.31. The fourth-order valence-electron chi connectivity index (χ4n) is 3.35. The SMILES string of the molecule is CCC1CCC(NCCOC2CCCCC2)C1. The summed E-state index contributed by atoms with van der Waals surface area (Å²) in [5.74, 6) is 0.978. The average molecular weight is 239 g/mol. The number of hydrogen-bond acceptors (Lipinski definition) is 2. The maximum atomic E-state index is 5.93. The van der Waals surface area contributed by atoms with Crippen LogP contribution in [-0.4, -0.2) is 25.3 Å². The Morgan fingerprint density at radius 1 is 1.06 bits per heavy atom. The van der Waals surface area contributed by atoms with Crippen molar-refractivity contribution in [3.05, 3.63) is 0 Å². The molecule has 100 valence electrons. The standard InChI is InChI=1S/C15H29NO/c1-2-13-8-9-14(12-13)16-10-11-17-15-6-4-3-5-7-15/h13-16H,2-12H2,1H3. The van der Waals surface area contributed by atoms with Crippen molar-refractivity contribution >= 4 is 0 Å². The van der Waals surface area contributed by atoms with E-state index in [-0.39, 0.29) is 0 Å². The molecule has 0 radical (unpaired) electrons. The van der Waals surface area contributed by atoms with Crippen LogP contribution in [0.5, 0.6) is 0 Å². The second-order valence-electron chi connectivity index (χ2n) is 5.87. The normalized spacial score (nSPS) is 30.9. The zero-order valence-corrected chi connectivity index (χ0v) is 11.4. The third-order valence-electron chi connectivity index (χ3n) is 4.56. The lowest BCUT2D eigenvalue weighted by atomic mass is 9.98. The highest BCUT2D eigenvalue weighted by Gasteiger charge is 2.22. The number of nitrogens with one attached hydrogen (secondary N) is 1. The lowest BCUT2D eigenvalue weighted by molar-refractivity contribution is 0.0294. The monoisotopic (exact) mass is 239 g/mol. The lowest BCUT2D eigenvalue weighted by Gasteiger charge is -2.22. The van der Waals surface area contributed by atoms with Gasteiger partial charge in [-0.15, -0.1) is 0 Å². The summed E-state index contributed by atoms with van der Waals surface area (Å²) in [6.07, 6.45) is 12.9. The van der Waals surface area contributed by atoms with Crippen molar-refractivity contribution in [2.45, 2.75) is 76.9 Å². The van der Waals surface area contributed by atoms with Gasteiger partial charge < -0.3 is 10.1 Å². The molecular weight excluding hydrogens is 210 g/mol. The Kier molecular flexibility index (Phi) is 5.79. The quantitative estimate of drug-likeness (QED) is 0.716. The van der Waals surface area contributed by atoms with Crippen LogP contribution < -0.4 is 5.32 Å². The van der Waals surface area contributed by atoms with E-state index in [1.54, 1.807) is 0 Å². The van der Waals surface area contributed by atoms with Crippen LogP contribution in [-0.2, 0) is 4.74 Å². The number of rotatable bonds is 6. The molecule has 17 heavy (non-hydrogen) atoms. The molecule has 2 aliphatic carbocycles. The molecule has 0 amide bonds. The second kappa shape index (κ2) is 7.38. The Labute approximate surface area is 107 Å². The minimum Gasteiger partial charge on any atom is -0.377 e. The summed E-state index contributed by atoms with van der Waals surface area (Å²) >= 11 is 0. The topological polar surface area (TPSA) is 21.3 Å². The van der Waals surface area contributed by atoms with Crippen molar-refractivity contribution < 1.29 is 4.74 Å². The molecule has 1 N–H and O–H groups in total. The van der Waals surface area contributed by atoms with E-state index in [1.165, 1.54) is 57.8 Å². The maximum absolute atomic E-state index is 5.93. The maximum Gasteiger partial charge on any atom is 0.0594 e. The first-order valence-corrected chi connectivity index (χ1v) is 7.73. The molecule has 2 atom stereocenters. The summed E-state index contributed by atoms with van der Waals surface area (Å²) in [6.45, 7) is 4.29. The van der Waals surface area contributed by atoms with Crippen LogP contribution in [0.3, 0.4) is 0 Å². The summed E-state index contributed by atoms with van der Waals surface area (Å²) in [6, 6.07) is 0.773. The van der Waals surface area contributed by atoms with Gasteiger partial charge >= 0.3 is 0 Å². The Hall–Kier alpha value is -0.0800. The highest BCUT2D eigenvalue weighted by molar-refractivity contribution is 4.79. The van der Waals surface area contributed by atoms with Crippen LogP contribution in [0, 0.1) is 5.92 Å². The van der Waals surface area contributed by atoms with Gasteiger partial charge in [-0.3, -0.25) is 0 Å². The molecule has 2 aliphatic rings. The summed E-state index contributed by atoms with van der Waals surface area (Å²) < 4.78 is 5.93. The molecule has 0 aliphatic heterocycles. The molecule has 0 spiro atoms. The van der Waals surface area contributed by atoms with Crippen LogP contribution in [0.4, 0.5) is 0 Å². The molecule has 0 aromatic carbocycles. The molecule has 0 aromatic rings. The van der Waals surface area contributed by atoms with E-state index in [1.807, 2.05) is 0 Å². The van der Waals surface area contributed by atoms with Crippen LogP contribution in [0.1, 0.15) is 64.7 Å². The minimum absolute atomic E-state index is 0.567. The third kappa shape index (κ3) is 4.59. The van der Waals surface area contributed by atoms with Gasteiger partial charge in [0.1, 0.15) is 0 Å². The van der Waals surface area contributed by atoms with Crippen molar-refractivity contribution in [3.63, 3.8) is 0 Å². The van der Waals surface area contributed by atoms with E-state index in [2.05, 4.69) is 12.2 Å². The molecule has 2 nitrogen and oxygen atoms in total. The fourth-order valence-corrected chi connectivity index (χ4v) is 3.35. The van der Waals surface area contributed by atoms with Gasteiger partial charge in [-0.25, -0.2) is 0 Å². The Balaban J connectivity index is 1.48. The highest BCUT2D eigenvalue weighted by Crippen LogP contribution is 2.27. The van der Waals surface area contributed by atoms with Crippen molar-refractivity contribution in [1.29, 1.82) is 0 Å². The van der Waals surface area contributed by atoms with E-state index in [0.29, 0.717) is 6.10 Å². The first kappa shape index (κ1) is 13.4. The Bertz CT molecular complexity index is 201. The van der Waals surface area contributed by atoms with Gasteiger partial charge in [0.15, 0.2) is 0 Å². The van der Waals surface area contributed by atoms with Crippen molar-refractivity contribution in [1.82, 2.24) is 5.32 Å². The second-order valence-corrected chi connectivity index (χ2v) is 5.87. The molecule has 0 saturated heterocycles. The predicted octanol–water partition coefficient (Wildman–Crippen LogP) is 3.50. The molecule has 0 aromatic heterocycles. The predicted molar refractivity (Wildman–Crippen MR) is 72.2 cm³/mol. The highest BCUT2D eigenvalue weighted by atomic mass is 16.5. The van der Waals surface area contributed by atoms with Gasteiger partial charge in [-0.1, -0.05) is 32.6 Å². The van der Waals surface area contributed by atoms with Gasteiger partial charge in [-0.2, -0.15) is 0 Å². The van der Waals surface area contributed by atoms with Gasteiger partial charge in [0.05, 0.1) is 12.7 Å². The zero-order valence-electron chi connectivity index (χ0n) is 11.4. The molecule has 2 heteroatoms. The van der Waals surface area contributed by atoms with E-state index in [4.69, 9.17) is 4.74 Å². The van der Waals surface area contributed by atoms with Crippen LogP contribution in [0.15, 0.2) is 0 Å². The van der Waals surface area contributed by atoms with Crippen molar-refractivity contribution in [2.24, 2.45) is 5.92 Å². The first-order chi connectivity index (χ1) is 8.38. The first-order valence-electron chi connectivity index (χ1n) is 7.73. The summed E-state index contributed by atoms with van der Waals surface area (Å²) in [4.78, 5) is 0. The van der Waals surface area contributed by atoms with E-state index < -0.39 is 0 Å². The van der Waals surface area contributed by atoms with Crippen LogP contribution >= 0.6 is 0 Å². The van der Waals surface area contributed by atoms with Crippen LogP contribution in [0.2, 0.25) is 0 Å².